The van der Waals surface area contributed by atoms with Gasteiger partial charge in [0.2, 0.25) is 5.91 Å². The number of primary amides is 1. The number of hydrogen-bond acceptors (Lipinski definition) is 4. The van der Waals surface area contributed by atoms with Crippen molar-refractivity contribution < 1.29 is 18.4 Å². The minimum Gasteiger partial charge on any atom is -0.369 e. The molecule has 6 heteroatoms. The van der Waals surface area contributed by atoms with E-state index >= 15 is 0 Å². The van der Waals surface area contributed by atoms with E-state index in [1.807, 2.05) is 0 Å². The van der Waals surface area contributed by atoms with E-state index in [1.54, 1.807) is 27.7 Å². The van der Waals surface area contributed by atoms with Crippen LogP contribution in [-0.2, 0) is 18.4 Å². The van der Waals surface area contributed by atoms with Gasteiger partial charge in [0, 0.05) is 0 Å². The second-order valence-corrected chi connectivity index (χ2v) is 11.3. The van der Waals surface area contributed by atoms with E-state index in [2.05, 4.69) is 6.92 Å². The van der Waals surface area contributed by atoms with Crippen LogP contribution in [0, 0.1) is 0 Å². The molecule has 0 saturated heterocycles. The van der Waals surface area contributed by atoms with Crippen molar-refractivity contribution >= 4 is 13.5 Å². The zero-order chi connectivity index (χ0) is 22.8. The fourth-order valence-corrected chi connectivity index (χ4v) is 6.08. The van der Waals surface area contributed by atoms with Gasteiger partial charge in [-0.2, -0.15) is 0 Å². The number of nitrogens with two attached hydrogens (primary N) is 1. The molecule has 1 amide bonds. The molecular formula is C24H50NO4P. The van der Waals surface area contributed by atoms with Crippen LogP contribution < -0.4 is 5.73 Å². The SMILES string of the molecule is CCCCCCCCCCCCCCCCC(C(N)=O)P(=O)(OC(C)C)OC(C)C. The maximum atomic E-state index is 13.2. The minimum atomic E-state index is -3.56. The predicted molar refractivity (Wildman–Crippen MR) is 128 cm³/mol. The van der Waals surface area contributed by atoms with Crippen molar-refractivity contribution in [1.29, 1.82) is 0 Å². The Hall–Kier alpha value is -0.380. The zero-order valence-corrected chi connectivity index (χ0v) is 21.4. The largest absolute Gasteiger partial charge is 0.369 e. The zero-order valence-electron chi connectivity index (χ0n) is 20.5. The summed E-state index contributed by atoms with van der Waals surface area (Å²) in [4.78, 5) is 12.0. The van der Waals surface area contributed by atoms with E-state index in [4.69, 9.17) is 14.8 Å². The number of rotatable bonds is 21. The van der Waals surface area contributed by atoms with Gasteiger partial charge < -0.3 is 14.8 Å². The Kier molecular flexibility index (Phi) is 18.0. The molecule has 0 bridgehead atoms. The number of hydrogen-bond donors (Lipinski definition) is 1. The highest BCUT2D eigenvalue weighted by atomic mass is 31.2. The number of unbranched alkanes of at least 4 members (excludes halogenated alkanes) is 13. The van der Waals surface area contributed by atoms with Crippen LogP contribution in [-0.4, -0.2) is 23.8 Å². The topological polar surface area (TPSA) is 78.6 Å². The molecule has 180 valence electrons. The molecule has 0 aliphatic rings. The second kappa shape index (κ2) is 18.2. The Labute approximate surface area is 186 Å². The molecule has 0 spiro atoms. The molecule has 0 aliphatic carbocycles. The number of carbonyl (C=O) groups excluding carboxylic acids is 1. The summed E-state index contributed by atoms with van der Waals surface area (Å²) in [6, 6.07) is 0. The number of carbonyl (C=O) groups is 1. The van der Waals surface area contributed by atoms with Crippen molar-refractivity contribution in [2.24, 2.45) is 5.73 Å². The quantitative estimate of drug-likeness (QED) is 0.144. The van der Waals surface area contributed by atoms with Crippen molar-refractivity contribution in [2.75, 3.05) is 0 Å². The predicted octanol–water partition coefficient (Wildman–Crippen LogP) is 7.75. The van der Waals surface area contributed by atoms with Crippen molar-refractivity contribution in [3.63, 3.8) is 0 Å². The van der Waals surface area contributed by atoms with Gasteiger partial charge in [-0.05, 0) is 34.1 Å². The van der Waals surface area contributed by atoms with Gasteiger partial charge in [-0.15, -0.1) is 0 Å². The molecule has 1 unspecified atom stereocenters. The lowest BCUT2D eigenvalue weighted by Gasteiger charge is -2.28. The molecular weight excluding hydrogens is 397 g/mol. The van der Waals surface area contributed by atoms with Crippen LogP contribution >= 0.6 is 7.60 Å². The van der Waals surface area contributed by atoms with Crippen LogP contribution in [0.2, 0.25) is 0 Å². The Morgan fingerprint density at radius 2 is 1.03 bits per heavy atom. The minimum absolute atomic E-state index is 0.284. The lowest BCUT2D eigenvalue weighted by molar-refractivity contribution is -0.118. The summed E-state index contributed by atoms with van der Waals surface area (Å²) in [5, 5.41) is 0. The van der Waals surface area contributed by atoms with Crippen LogP contribution in [0.4, 0.5) is 0 Å². The lowest BCUT2D eigenvalue weighted by Crippen LogP contribution is -2.31. The normalized spacial score (nSPS) is 13.3. The Morgan fingerprint density at radius 1 is 0.700 bits per heavy atom. The average molecular weight is 448 g/mol. The van der Waals surface area contributed by atoms with E-state index in [1.165, 1.54) is 70.6 Å². The highest BCUT2D eigenvalue weighted by molar-refractivity contribution is 7.55. The van der Waals surface area contributed by atoms with Crippen molar-refractivity contribution in [1.82, 2.24) is 0 Å². The second-order valence-electron chi connectivity index (χ2n) is 9.15. The molecule has 2 N–H and O–H groups in total. The number of amides is 1. The molecule has 0 radical (unpaired) electrons. The fourth-order valence-electron chi connectivity index (χ4n) is 3.75. The summed E-state index contributed by atoms with van der Waals surface area (Å²) < 4.78 is 24.3. The molecule has 0 rings (SSSR count). The van der Waals surface area contributed by atoms with Gasteiger partial charge in [0.1, 0.15) is 5.66 Å². The maximum absolute atomic E-state index is 13.2. The van der Waals surface area contributed by atoms with Gasteiger partial charge in [0.25, 0.3) is 0 Å². The molecule has 5 nitrogen and oxygen atoms in total. The van der Waals surface area contributed by atoms with Gasteiger partial charge in [-0.25, -0.2) is 0 Å². The van der Waals surface area contributed by atoms with Crippen LogP contribution in [0.3, 0.4) is 0 Å². The maximum Gasteiger partial charge on any atom is 0.343 e. The third kappa shape index (κ3) is 15.4. The highest BCUT2D eigenvalue weighted by Crippen LogP contribution is 2.56. The van der Waals surface area contributed by atoms with E-state index in [-0.39, 0.29) is 12.2 Å². The molecule has 1 atom stereocenters. The van der Waals surface area contributed by atoms with Crippen molar-refractivity contribution in [3.8, 4) is 0 Å². The third-order valence-corrected chi connectivity index (χ3v) is 7.96. The van der Waals surface area contributed by atoms with Gasteiger partial charge >= 0.3 is 7.60 Å². The molecule has 0 aliphatic heterocycles. The van der Waals surface area contributed by atoms with Crippen LogP contribution in [0.15, 0.2) is 0 Å². The van der Waals surface area contributed by atoms with Gasteiger partial charge in [-0.3, -0.25) is 9.36 Å². The molecule has 30 heavy (non-hydrogen) atoms. The molecule has 0 fully saturated rings. The summed E-state index contributed by atoms with van der Waals surface area (Å²) in [6.07, 6.45) is 17.7. The van der Waals surface area contributed by atoms with E-state index in [9.17, 15) is 9.36 Å². The first-order chi connectivity index (χ1) is 14.2. The molecule has 0 heterocycles. The van der Waals surface area contributed by atoms with Crippen molar-refractivity contribution in [3.05, 3.63) is 0 Å². The van der Waals surface area contributed by atoms with Crippen molar-refractivity contribution in [2.45, 2.75) is 149 Å². The summed E-state index contributed by atoms with van der Waals surface area (Å²) in [7, 11) is -3.56. The van der Waals surface area contributed by atoms with Gasteiger partial charge in [0.05, 0.1) is 12.2 Å². The standard InChI is InChI=1S/C24H50NO4P/c1-6-7-8-9-10-11-12-13-14-15-16-17-18-19-20-23(24(25)26)30(27,28-21(2)3)29-22(4)5/h21-23H,6-20H2,1-5H3,(H2,25,26). The van der Waals surface area contributed by atoms with Gasteiger partial charge in [-0.1, -0.05) is 96.8 Å². The van der Waals surface area contributed by atoms with E-state index in [0.717, 1.165) is 19.3 Å². The smallest absolute Gasteiger partial charge is 0.343 e. The lowest BCUT2D eigenvalue weighted by atomic mass is 10.0. The molecule has 0 aromatic heterocycles. The van der Waals surface area contributed by atoms with E-state index < -0.39 is 19.2 Å². The molecule has 0 aromatic rings. The molecule has 0 aromatic carbocycles. The third-order valence-electron chi connectivity index (χ3n) is 5.26. The van der Waals surface area contributed by atoms with Crippen LogP contribution in [0.1, 0.15) is 131 Å². The Balaban J connectivity index is 3.99. The molecule has 0 saturated carbocycles. The summed E-state index contributed by atoms with van der Waals surface area (Å²) in [5.41, 5.74) is 4.70. The van der Waals surface area contributed by atoms with Gasteiger partial charge in [0.15, 0.2) is 0 Å². The van der Waals surface area contributed by atoms with Crippen LogP contribution in [0.25, 0.3) is 0 Å². The Morgan fingerprint density at radius 3 is 1.33 bits per heavy atom. The first-order valence-corrected chi connectivity index (χ1v) is 14.1. The van der Waals surface area contributed by atoms with Crippen LogP contribution in [0.5, 0.6) is 0 Å². The fraction of sp³-hybridized carbons (Fsp3) is 0.958. The first-order valence-electron chi connectivity index (χ1n) is 12.5. The average Bonchev–Trinajstić information content (AvgIpc) is 2.63. The monoisotopic (exact) mass is 447 g/mol. The van der Waals surface area contributed by atoms with E-state index in [0.29, 0.717) is 6.42 Å². The first kappa shape index (κ1) is 29.6. The summed E-state index contributed by atoms with van der Waals surface area (Å²) in [5.74, 6) is -0.589. The Bertz CT molecular complexity index is 454. The summed E-state index contributed by atoms with van der Waals surface area (Å²) >= 11 is 0. The highest BCUT2D eigenvalue weighted by Gasteiger charge is 2.41. The summed E-state index contributed by atoms with van der Waals surface area (Å²) in [6.45, 7) is 9.43.